The van der Waals surface area contributed by atoms with Crippen molar-refractivity contribution >= 4 is 36.2 Å². The van der Waals surface area contributed by atoms with Crippen LogP contribution in [0.2, 0.25) is 0 Å². The third-order valence-electron chi connectivity index (χ3n) is 15.3. The highest BCUT2D eigenvalue weighted by Gasteiger charge is 2.30. The van der Waals surface area contributed by atoms with Crippen LogP contribution in [0.25, 0.3) is 22.8 Å². The van der Waals surface area contributed by atoms with Gasteiger partial charge in [-0.15, -0.1) is 0 Å². The molecule has 95 heavy (non-hydrogen) atoms. The van der Waals surface area contributed by atoms with Crippen molar-refractivity contribution in [1.82, 2.24) is 50.2 Å². The molecule has 4 heterocycles. The number of pyridine rings is 4. The predicted molar refractivity (Wildman–Crippen MR) is 376 cm³/mol. The Morgan fingerprint density at radius 1 is 0.326 bits per heavy atom. The van der Waals surface area contributed by atoms with Crippen LogP contribution >= 0.6 is 0 Å². The standard InChI is InChI=1S/C75H118N10O10/c1-15-17-19-21-23-25-27-29-31-34-66(86)80-52-58-36-40-62(76-50-58)64-42-38-60(54-78-64)56-84(70(90)94-74(9,10)11)48-46-82(68(88)92-72(3,4)5)44-33-45-83(69(89)93-73(6,7)8)47-49-85(71(91)95-75(12,13)14)57-61-39-43-65(79-55-61)63-41-37-59(51-77-63)53-81-67(87)35-32-30-28-26-24-22-20-18-16-2/h36-43,50-51,54-55H,15-35,44-49,52-53,56-57H2,1-14H3,(H,80,86)(H,81,87). The number of carbonyl (C=O) groups excluding carboxylic acids is 6. The second kappa shape index (κ2) is 41.6. The molecule has 0 aromatic carbocycles. The van der Waals surface area contributed by atoms with Gasteiger partial charge in [0.1, 0.15) is 22.4 Å². The van der Waals surface area contributed by atoms with E-state index in [4.69, 9.17) is 28.9 Å². The Bertz CT molecular complexity index is 2680. The second-order valence-electron chi connectivity index (χ2n) is 29.0. The Morgan fingerprint density at radius 2 is 0.579 bits per heavy atom. The van der Waals surface area contributed by atoms with Crippen molar-refractivity contribution in [3.05, 3.63) is 95.6 Å². The zero-order valence-electron chi connectivity index (χ0n) is 60.5. The molecule has 0 aliphatic carbocycles. The maximum atomic E-state index is 14.0. The van der Waals surface area contributed by atoms with Crippen LogP contribution in [0, 0.1) is 0 Å². The average Bonchev–Trinajstić information content (AvgIpc) is 0.986. The van der Waals surface area contributed by atoms with Gasteiger partial charge in [-0.2, -0.15) is 0 Å². The molecule has 0 spiro atoms. The molecule has 0 radical (unpaired) electrons. The van der Waals surface area contributed by atoms with E-state index in [0.29, 0.717) is 59.8 Å². The first-order valence-corrected chi connectivity index (χ1v) is 35.2. The van der Waals surface area contributed by atoms with E-state index in [2.05, 4.69) is 34.4 Å². The topological polar surface area (TPSA) is 228 Å². The largest absolute Gasteiger partial charge is 0.444 e. The molecule has 0 aliphatic rings. The highest BCUT2D eigenvalue weighted by Crippen LogP contribution is 2.22. The lowest BCUT2D eigenvalue weighted by Gasteiger charge is -2.33. The van der Waals surface area contributed by atoms with E-state index in [0.717, 1.165) is 36.8 Å². The van der Waals surface area contributed by atoms with Crippen LogP contribution in [-0.2, 0) is 54.7 Å². The summed E-state index contributed by atoms with van der Waals surface area (Å²) in [6, 6.07) is 15.0. The normalized spacial score (nSPS) is 11.8. The van der Waals surface area contributed by atoms with E-state index >= 15 is 0 Å². The van der Waals surface area contributed by atoms with Gasteiger partial charge in [0.05, 0.1) is 35.9 Å². The van der Waals surface area contributed by atoms with Crippen molar-refractivity contribution in [2.24, 2.45) is 0 Å². The fourth-order valence-electron chi connectivity index (χ4n) is 10.2. The molecule has 20 heteroatoms. The smallest absolute Gasteiger partial charge is 0.410 e. The fraction of sp³-hybridized carbons (Fsp3) is 0.653. The molecule has 0 unspecified atom stereocenters. The van der Waals surface area contributed by atoms with Crippen molar-refractivity contribution in [1.29, 1.82) is 0 Å². The lowest BCUT2D eigenvalue weighted by atomic mass is 10.1. The number of hydrogen-bond donors (Lipinski definition) is 2. The summed E-state index contributed by atoms with van der Waals surface area (Å²) in [5.74, 6) is 0.0796. The molecule has 0 saturated carbocycles. The molecule has 20 nitrogen and oxygen atoms in total. The summed E-state index contributed by atoms with van der Waals surface area (Å²) in [5.41, 5.74) is 2.44. The van der Waals surface area contributed by atoms with E-state index in [-0.39, 0.29) is 70.6 Å². The summed E-state index contributed by atoms with van der Waals surface area (Å²) in [4.78, 5) is 106. The molecule has 0 aliphatic heterocycles. The molecule has 0 fully saturated rings. The third-order valence-corrected chi connectivity index (χ3v) is 15.3. The predicted octanol–water partition coefficient (Wildman–Crippen LogP) is 16.7. The van der Waals surface area contributed by atoms with Crippen LogP contribution in [0.1, 0.15) is 254 Å². The minimum Gasteiger partial charge on any atom is -0.444 e. The third kappa shape index (κ3) is 35.3. The van der Waals surface area contributed by atoms with Crippen LogP contribution < -0.4 is 10.6 Å². The van der Waals surface area contributed by atoms with E-state index in [1.807, 2.05) is 48.5 Å². The van der Waals surface area contributed by atoms with Crippen LogP contribution in [0.5, 0.6) is 0 Å². The lowest BCUT2D eigenvalue weighted by Crippen LogP contribution is -2.46. The first-order valence-electron chi connectivity index (χ1n) is 35.2. The number of unbranched alkanes of at least 4 members (excludes halogenated alkanes) is 16. The monoisotopic (exact) mass is 1320 g/mol. The summed E-state index contributed by atoms with van der Waals surface area (Å²) >= 11 is 0. The zero-order chi connectivity index (χ0) is 69.9. The summed E-state index contributed by atoms with van der Waals surface area (Å²) in [6.07, 6.45) is 27.4. The van der Waals surface area contributed by atoms with Gasteiger partial charge in [0.2, 0.25) is 11.8 Å². The maximum absolute atomic E-state index is 14.0. The van der Waals surface area contributed by atoms with Gasteiger partial charge in [0.15, 0.2) is 0 Å². The zero-order valence-corrected chi connectivity index (χ0v) is 60.5. The number of rotatable bonds is 40. The number of ether oxygens (including phenoxy) is 4. The van der Waals surface area contributed by atoms with E-state index in [1.54, 1.807) is 108 Å². The first-order chi connectivity index (χ1) is 45.0. The lowest BCUT2D eigenvalue weighted by molar-refractivity contribution is -0.122. The molecule has 528 valence electrons. The molecule has 2 N–H and O–H groups in total. The number of aromatic nitrogens is 4. The minimum atomic E-state index is -0.843. The summed E-state index contributed by atoms with van der Waals surface area (Å²) in [6.45, 7) is 27.4. The van der Waals surface area contributed by atoms with Gasteiger partial charge in [-0.1, -0.05) is 141 Å². The number of carbonyl (C=O) groups is 6. The Kier molecular flexibility index (Phi) is 35.0. The molecular formula is C75H118N10O10. The van der Waals surface area contributed by atoms with Gasteiger partial charge in [0, 0.05) is 90.0 Å². The number of amides is 6. The van der Waals surface area contributed by atoms with E-state index in [1.165, 1.54) is 109 Å². The van der Waals surface area contributed by atoms with Crippen LogP contribution in [-0.4, -0.2) is 137 Å². The van der Waals surface area contributed by atoms with Crippen molar-refractivity contribution in [3.8, 4) is 22.8 Å². The fourth-order valence-corrected chi connectivity index (χ4v) is 10.2. The molecule has 0 atom stereocenters. The van der Waals surface area contributed by atoms with Gasteiger partial charge in [-0.25, -0.2) is 19.2 Å². The molecule has 0 saturated heterocycles. The van der Waals surface area contributed by atoms with Crippen LogP contribution in [0.15, 0.2) is 73.3 Å². The van der Waals surface area contributed by atoms with Crippen molar-refractivity contribution < 1.29 is 47.7 Å². The summed E-state index contributed by atoms with van der Waals surface area (Å²) in [5, 5.41) is 6.04. The summed E-state index contributed by atoms with van der Waals surface area (Å²) in [7, 11) is 0. The maximum Gasteiger partial charge on any atom is 0.410 e. The first kappa shape index (κ1) is 80.1. The van der Waals surface area contributed by atoms with Gasteiger partial charge < -0.3 is 49.2 Å². The molecule has 4 aromatic heterocycles. The SMILES string of the molecule is CCCCCCCCCCCC(=O)NCc1ccc(-c2ccc(CN(CCN(CCCN(CCN(Cc3ccc(-c4ccc(CNC(=O)CCCCCCCCCCC)cn4)nc3)C(=O)OC(C)(C)C)C(=O)OC(C)(C)C)C(=O)OC(C)(C)C)C(=O)OC(C)(C)C)cn2)nc1. The highest BCUT2D eigenvalue weighted by molar-refractivity contribution is 5.76. The number of nitrogens with zero attached hydrogens (tertiary/aromatic N) is 8. The van der Waals surface area contributed by atoms with Crippen LogP contribution in [0.4, 0.5) is 19.2 Å². The van der Waals surface area contributed by atoms with Gasteiger partial charge >= 0.3 is 24.4 Å². The molecule has 0 bridgehead atoms. The molecule has 4 aromatic rings. The number of hydrogen-bond acceptors (Lipinski definition) is 14. The quantitative estimate of drug-likeness (QED) is 0.0312. The Balaban J connectivity index is 1.40. The van der Waals surface area contributed by atoms with Gasteiger partial charge in [-0.3, -0.25) is 29.5 Å². The molecular weight excluding hydrogens is 1200 g/mol. The van der Waals surface area contributed by atoms with E-state index in [9.17, 15) is 28.8 Å². The molecule has 4 rings (SSSR count). The Hall–Kier alpha value is -7.38. The summed E-state index contributed by atoms with van der Waals surface area (Å²) < 4.78 is 23.6. The Morgan fingerprint density at radius 3 is 0.842 bits per heavy atom. The van der Waals surface area contributed by atoms with Crippen LogP contribution in [0.3, 0.4) is 0 Å². The molecule has 6 amide bonds. The second-order valence-corrected chi connectivity index (χ2v) is 29.0. The average molecular weight is 1320 g/mol. The highest BCUT2D eigenvalue weighted by atomic mass is 16.6. The van der Waals surface area contributed by atoms with Gasteiger partial charge in [0.25, 0.3) is 0 Å². The van der Waals surface area contributed by atoms with Gasteiger partial charge in [-0.05, 0) is 149 Å². The Labute approximate surface area is 569 Å². The minimum absolute atomic E-state index is 0.0398. The van der Waals surface area contributed by atoms with Crippen molar-refractivity contribution in [2.75, 3.05) is 39.3 Å². The number of nitrogens with one attached hydrogen (secondary N) is 2. The van der Waals surface area contributed by atoms with Crippen molar-refractivity contribution in [3.63, 3.8) is 0 Å². The van der Waals surface area contributed by atoms with E-state index < -0.39 is 46.8 Å². The van der Waals surface area contributed by atoms with Crippen molar-refractivity contribution in [2.45, 2.75) is 280 Å².